The third-order valence-corrected chi connectivity index (χ3v) is 4.87. The van der Waals surface area contributed by atoms with E-state index in [2.05, 4.69) is 20.3 Å². The normalized spacial score (nSPS) is 12.1. The molecule has 1 amide bonds. The van der Waals surface area contributed by atoms with Crippen LogP contribution in [0.25, 0.3) is 22.6 Å². The number of aromatic nitrogens is 3. The second kappa shape index (κ2) is 8.03. The van der Waals surface area contributed by atoms with Crippen LogP contribution in [0.4, 0.5) is 5.69 Å². The predicted octanol–water partition coefficient (Wildman–Crippen LogP) is 4.91. The summed E-state index contributed by atoms with van der Waals surface area (Å²) in [4.78, 5) is 24.8. The fraction of sp³-hybridized carbons (Fsp3) is 0.136. The molecule has 0 bridgehead atoms. The maximum Gasteiger partial charge on any atom is 0.258 e. The molecule has 2 aromatic carbocycles. The maximum atomic E-state index is 12.8. The molecule has 0 fully saturated rings. The first-order chi connectivity index (χ1) is 14.0. The van der Waals surface area contributed by atoms with Crippen molar-refractivity contribution in [2.45, 2.75) is 13.0 Å². The van der Waals surface area contributed by atoms with Crippen LogP contribution in [-0.2, 0) is 9.53 Å². The molecule has 7 heteroatoms. The van der Waals surface area contributed by atoms with Crippen molar-refractivity contribution in [3.8, 4) is 11.4 Å². The Morgan fingerprint density at radius 2 is 1.97 bits per heavy atom. The Labute approximate surface area is 172 Å². The number of amides is 1. The number of halogens is 1. The fourth-order valence-corrected chi connectivity index (χ4v) is 3.35. The average Bonchev–Trinajstić information content (AvgIpc) is 3.13. The van der Waals surface area contributed by atoms with Crippen LogP contribution in [0.2, 0.25) is 5.02 Å². The molecular formula is C22H19ClN4O2. The molecule has 2 aromatic heterocycles. The molecule has 146 valence electrons. The number of rotatable bonds is 5. The van der Waals surface area contributed by atoms with Crippen molar-refractivity contribution in [3.63, 3.8) is 0 Å². The SMILES string of the molecule is COC(C(=O)Nc1ccc(Cl)c(-c2nc3ncc(C)cc3[nH]2)c1)c1ccccc1. The summed E-state index contributed by atoms with van der Waals surface area (Å²) in [6.45, 7) is 1.97. The van der Waals surface area contributed by atoms with Gasteiger partial charge in [-0.2, -0.15) is 0 Å². The monoisotopic (exact) mass is 406 g/mol. The molecule has 4 aromatic rings. The number of imidazole rings is 1. The first-order valence-corrected chi connectivity index (χ1v) is 9.44. The third kappa shape index (κ3) is 3.99. The van der Waals surface area contributed by atoms with Crippen molar-refractivity contribution in [1.29, 1.82) is 0 Å². The minimum Gasteiger partial charge on any atom is -0.367 e. The maximum absolute atomic E-state index is 12.8. The van der Waals surface area contributed by atoms with Gasteiger partial charge in [0.2, 0.25) is 0 Å². The van der Waals surface area contributed by atoms with Gasteiger partial charge in [-0.05, 0) is 42.3 Å². The lowest BCUT2D eigenvalue weighted by Gasteiger charge is -2.16. The van der Waals surface area contributed by atoms with Crippen LogP contribution in [-0.4, -0.2) is 28.0 Å². The molecule has 2 N–H and O–H groups in total. The standard InChI is InChI=1S/C22H19ClN4O2/c1-13-10-18-21(24-12-13)27-20(26-18)16-11-15(8-9-17(16)23)25-22(28)19(29-2)14-6-4-3-5-7-14/h3-12,19H,1-2H3,(H,25,28)(H,24,26,27). The Hall–Kier alpha value is -3.22. The number of aromatic amines is 1. The number of fused-ring (bicyclic) bond motifs is 1. The average molecular weight is 407 g/mol. The lowest BCUT2D eigenvalue weighted by atomic mass is 10.1. The van der Waals surface area contributed by atoms with Gasteiger partial charge in [0.05, 0.1) is 10.5 Å². The Balaban J connectivity index is 1.63. The predicted molar refractivity (Wildman–Crippen MR) is 114 cm³/mol. The molecule has 0 saturated heterocycles. The summed E-state index contributed by atoms with van der Waals surface area (Å²) in [5.41, 5.74) is 4.52. The van der Waals surface area contributed by atoms with Gasteiger partial charge >= 0.3 is 0 Å². The van der Waals surface area contributed by atoms with E-state index in [1.54, 1.807) is 24.4 Å². The van der Waals surface area contributed by atoms with E-state index in [1.165, 1.54) is 7.11 Å². The second-order valence-corrected chi connectivity index (χ2v) is 7.09. The van der Waals surface area contributed by atoms with Crippen molar-refractivity contribution >= 4 is 34.4 Å². The Kier molecular flexibility index (Phi) is 5.29. The highest BCUT2D eigenvalue weighted by Crippen LogP contribution is 2.30. The van der Waals surface area contributed by atoms with Crippen LogP contribution in [0.3, 0.4) is 0 Å². The Bertz CT molecular complexity index is 1170. The molecule has 2 heterocycles. The number of hydrogen-bond donors (Lipinski definition) is 2. The van der Waals surface area contributed by atoms with Gasteiger partial charge in [0, 0.05) is 24.6 Å². The number of aryl methyl sites for hydroxylation is 1. The first-order valence-electron chi connectivity index (χ1n) is 9.06. The van der Waals surface area contributed by atoms with Gasteiger partial charge in [-0.1, -0.05) is 41.9 Å². The number of carbonyl (C=O) groups excluding carboxylic acids is 1. The number of ether oxygens (including phenoxy) is 1. The van der Waals surface area contributed by atoms with E-state index in [1.807, 2.05) is 43.3 Å². The van der Waals surface area contributed by atoms with E-state index in [9.17, 15) is 4.79 Å². The zero-order valence-electron chi connectivity index (χ0n) is 15.9. The number of nitrogens with zero attached hydrogens (tertiary/aromatic N) is 2. The molecule has 0 aliphatic carbocycles. The quantitative estimate of drug-likeness (QED) is 0.493. The zero-order valence-corrected chi connectivity index (χ0v) is 16.7. The van der Waals surface area contributed by atoms with Crippen LogP contribution < -0.4 is 5.32 Å². The molecule has 0 aliphatic rings. The number of hydrogen-bond acceptors (Lipinski definition) is 4. The van der Waals surface area contributed by atoms with Crippen LogP contribution in [0.1, 0.15) is 17.2 Å². The van der Waals surface area contributed by atoms with E-state index < -0.39 is 6.10 Å². The lowest BCUT2D eigenvalue weighted by Crippen LogP contribution is -2.22. The van der Waals surface area contributed by atoms with Gasteiger partial charge in [-0.3, -0.25) is 4.79 Å². The minimum atomic E-state index is -0.714. The molecule has 1 unspecified atom stereocenters. The van der Waals surface area contributed by atoms with Crippen molar-refractivity contribution in [1.82, 2.24) is 15.0 Å². The topological polar surface area (TPSA) is 79.9 Å². The molecule has 4 rings (SSSR count). The van der Waals surface area contributed by atoms with E-state index in [4.69, 9.17) is 16.3 Å². The molecule has 0 spiro atoms. The minimum absolute atomic E-state index is 0.270. The van der Waals surface area contributed by atoms with E-state index in [0.29, 0.717) is 27.7 Å². The summed E-state index contributed by atoms with van der Waals surface area (Å²) in [7, 11) is 1.51. The van der Waals surface area contributed by atoms with Crippen LogP contribution >= 0.6 is 11.6 Å². The highest BCUT2D eigenvalue weighted by Gasteiger charge is 2.20. The summed E-state index contributed by atoms with van der Waals surface area (Å²) < 4.78 is 5.40. The fourth-order valence-electron chi connectivity index (χ4n) is 3.15. The third-order valence-electron chi connectivity index (χ3n) is 4.54. The van der Waals surface area contributed by atoms with E-state index in [0.717, 1.165) is 16.6 Å². The highest BCUT2D eigenvalue weighted by atomic mass is 35.5. The number of H-pyrrole nitrogens is 1. The summed E-state index contributed by atoms with van der Waals surface area (Å²) in [6, 6.07) is 16.6. The summed E-state index contributed by atoms with van der Waals surface area (Å²) in [6.07, 6.45) is 1.05. The second-order valence-electron chi connectivity index (χ2n) is 6.68. The summed E-state index contributed by atoms with van der Waals surface area (Å²) >= 11 is 6.39. The van der Waals surface area contributed by atoms with E-state index in [-0.39, 0.29) is 5.91 Å². The highest BCUT2D eigenvalue weighted by molar-refractivity contribution is 6.33. The van der Waals surface area contributed by atoms with Crippen molar-refractivity contribution in [2.24, 2.45) is 0 Å². The van der Waals surface area contributed by atoms with Gasteiger partial charge < -0.3 is 15.0 Å². The molecule has 1 atom stereocenters. The smallest absolute Gasteiger partial charge is 0.258 e. The Morgan fingerprint density at radius 3 is 2.72 bits per heavy atom. The van der Waals surface area contributed by atoms with Crippen molar-refractivity contribution in [3.05, 3.63) is 76.9 Å². The van der Waals surface area contributed by atoms with Gasteiger partial charge in [0.1, 0.15) is 5.82 Å². The molecule has 0 saturated carbocycles. The molecule has 6 nitrogen and oxygen atoms in total. The summed E-state index contributed by atoms with van der Waals surface area (Å²) in [5, 5.41) is 3.41. The van der Waals surface area contributed by atoms with Gasteiger partial charge in [0.25, 0.3) is 5.91 Å². The number of pyridine rings is 1. The Morgan fingerprint density at radius 1 is 1.17 bits per heavy atom. The van der Waals surface area contributed by atoms with Crippen LogP contribution in [0, 0.1) is 6.92 Å². The van der Waals surface area contributed by atoms with Crippen LogP contribution in [0.15, 0.2) is 60.8 Å². The van der Waals surface area contributed by atoms with Gasteiger partial charge in [-0.25, -0.2) is 9.97 Å². The first kappa shape index (κ1) is 19.1. The van der Waals surface area contributed by atoms with Crippen LogP contribution in [0.5, 0.6) is 0 Å². The lowest BCUT2D eigenvalue weighted by molar-refractivity contribution is -0.126. The van der Waals surface area contributed by atoms with Gasteiger partial charge in [-0.15, -0.1) is 0 Å². The van der Waals surface area contributed by atoms with Crippen molar-refractivity contribution in [2.75, 3.05) is 12.4 Å². The zero-order chi connectivity index (χ0) is 20.4. The molecule has 0 aliphatic heterocycles. The molecular weight excluding hydrogens is 388 g/mol. The van der Waals surface area contributed by atoms with Gasteiger partial charge in [0.15, 0.2) is 11.8 Å². The molecule has 0 radical (unpaired) electrons. The van der Waals surface area contributed by atoms with E-state index >= 15 is 0 Å². The number of benzene rings is 2. The summed E-state index contributed by atoms with van der Waals surface area (Å²) in [5.74, 6) is 0.319. The number of anilines is 1. The number of methoxy groups -OCH3 is 1. The molecule has 29 heavy (non-hydrogen) atoms. The number of nitrogens with one attached hydrogen (secondary N) is 2. The number of carbonyl (C=O) groups is 1. The van der Waals surface area contributed by atoms with Crippen molar-refractivity contribution < 1.29 is 9.53 Å². The largest absolute Gasteiger partial charge is 0.367 e.